The third kappa shape index (κ3) is 13.9. The molecule has 0 spiro atoms. The Morgan fingerprint density at radius 2 is 1.25 bits per heavy atom. The number of ether oxygens (including phenoxy) is 2. The summed E-state index contributed by atoms with van der Waals surface area (Å²) in [4.78, 5) is 122. The molecule has 0 saturated carbocycles. The first-order valence-corrected chi connectivity index (χ1v) is 27.5. The zero-order valence-corrected chi connectivity index (χ0v) is 45.9. The second-order valence-corrected chi connectivity index (χ2v) is 21.5. The quantitative estimate of drug-likeness (QED) is 0.141. The Hall–Kier alpha value is -8.36. The topological polar surface area (TPSA) is 273 Å². The number of benzene rings is 3. The van der Waals surface area contributed by atoms with E-state index in [0.717, 1.165) is 48.8 Å². The third-order valence-corrected chi connectivity index (χ3v) is 15.5. The number of oxazole rings is 1. The summed E-state index contributed by atoms with van der Waals surface area (Å²) in [5.74, 6) is -2.50. The lowest BCUT2D eigenvalue weighted by Gasteiger charge is -2.34. The molecule has 5 aromatic rings. The molecule has 0 radical (unpaired) electrons. The molecule has 8 bridgehead atoms. The standard InChI is InChI=1S/C59H70N10O11/c1-33-10-12-45-23-42(33)27-61-58(76)54(66-56(74)48(63-35(3)70)25-52(72)68-16-6-8-38(30-68)14-18-78-45)40-11-13-47-41(21-40)22-44(29-60-47)46-20-34(2)43-24-51(46)79-19-15-39-9-7-17-69(31-39)53(73)26-49(64-36(4)71)57(75)67-55(59(77)62-28-43)50-32-80-37(5)65-50/h10-13,20-24,29,32,38-39,48-49,54-55H,6-9,14-19,25-28,30-31H2,1-5H3,(H,61,76)(H,62,77)(H,63,70)(H,64,71)(H,66,74)(H,67,75)/t38?,39?,48-,49-,54?,55?/m0/s1. The van der Waals surface area contributed by atoms with Gasteiger partial charge in [0.25, 0.3) is 0 Å². The Labute approximate surface area is 464 Å². The first-order valence-electron chi connectivity index (χ1n) is 27.5. The van der Waals surface area contributed by atoms with E-state index >= 15 is 0 Å². The molecular formula is C59H70N10O11. The first-order chi connectivity index (χ1) is 38.4. The Morgan fingerprint density at radius 1 is 0.650 bits per heavy atom. The van der Waals surface area contributed by atoms with E-state index in [2.05, 4.69) is 36.9 Å². The number of fused-ring (bicyclic) bond motifs is 9. The molecule has 4 aliphatic rings. The van der Waals surface area contributed by atoms with Crippen LogP contribution >= 0.6 is 0 Å². The Morgan fingerprint density at radius 3 is 1.86 bits per heavy atom. The third-order valence-electron chi connectivity index (χ3n) is 15.5. The minimum atomic E-state index is -1.34. The van der Waals surface area contributed by atoms with E-state index in [-0.39, 0.29) is 67.8 Å². The fourth-order valence-corrected chi connectivity index (χ4v) is 11.1. The molecule has 8 amide bonds. The molecule has 9 rings (SSSR count). The highest BCUT2D eigenvalue weighted by molar-refractivity contribution is 5.97. The second-order valence-electron chi connectivity index (χ2n) is 21.5. The molecule has 6 heterocycles. The van der Waals surface area contributed by atoms with Gasteiger partial charge in [0.05, 0.1) is 31.6 Å². The van der Waals surface area contributed by atoms with E-state index in [1.165, 1.54) is 20.1 Å². The molecule has 80 heavy (non-hydrogen) atoms. The Kier molecular flexibility index (Phi) is 17.7. The fraction of sp³-hybridized carbons (Fsp3) is 0.458. The van der Waals surface area contributed by atoms with Gasteiger partial charge in [-0.1, -0.05) is 12.1 Å². The van der Waals surface area contributed by atoms with Crippen molar-refractivity contribution in [3.8, 4) is 22.6 Å². The van der Waals surface area contributed by atoms with Crippen molar-refractivity contribution in [2.24, 2.45) is 11.8 Å². The van der Waals surface area contributed by atoms with E-state index in [1.54, 1.807) is 41.1 Å². The summed E-state index contributed by atoms with van der Waals surface area (Å²) in [7, 11) is 0. The number of nitrogens with one attached hydrogen (secondary N) is 6. The van der Waals surface area contributed by atoms with Crippen LogP contribution in [0.2, 0.25) is 0 Å². The van der Waals surface area contributed by atoms with Crippen LogP contribution in [0.15, 0.2) is 71.5 Å². The van der Waals surface area contributed by atoms with Gasteiger partial charge in [-0.3, -0.25) is 43.3 Å². The fourth-order valence-electron chi connectivity index (χ4n) is 11.1. The molecule has 6 N–H and O–H groups in total. The highest BCUT2D eigenvalue weighted by atomic mass is 16.5. The van der Waals surface area contributed by atoms with Crippen molar-refractivity contribution in [3.63, 3.8) is 0 Å². The van der Waals surface area contributed by atoms with Crippen LogP contribution in [0.5, 0.6) is 11.5 Å². The zero-order chi connectivity index (χ0) is 56.6. The van der Waals surface area contributed by atoms with Gasteiger partial charge in [-0.15, -0.1) is 0 Å². The molecule has 422 valence electrons. The van der Waals surface area contributed by atoms with Crippen LogP contribution in [0, 0.1) is 32.6 Å². The monoisotopic (exact) mass is 1090 g/mol. The van der Waals surface area contributed by atoms with Crippen molar-refractivity contribution in [1.29, 1.82) is 0 Å². The molecule has 6 atom stereocenters. The van der Waals surface area contributed by atoms with E-state index in [1.807, 2.05) is 50.2 Å². The number of carbonyl (C=O) groups excluding carboxylic acids is 8. The minimum Gasteiger partial charge on any atom is -0.494 e. The molecule has 4 aliphatic heterocycles. The van der Waals surface area contributed by atoms with Crippen LogP contribution in [0.1, 0.15) is 117 Å². The molecule has 2 fully saturated rings. The number of pyridine rings is 1. The molecule has 0 aliphatic carbocycles. The summed E-state index contributed by atoms with van der Waals surface area (Å²) in [5.41, 5.74) is 5.74. The highest BCUT2D eigenvalue weighted by Gasteiger charge is 2.35. The van der Waals surface area contributed by atoms with Crippen molar-refractivity contribution in [2.45, 2.75) is 123 Å². The molecule has 3 aromatic carbocycles. The first kappa shape index (κ1) is 56.4. The number of nitrogens with zero attached hydrogens (tertiary/aromatic N) is 4. The number of piperidine rings is 2. The van der Waals surface area contributed by atoms with Crippen molar-refractivity contribution < 1.29 is 52.2 Å². The summed E-state index contributed by atoms with van der Waals surface area (Å²) in [6, 6.07) is 11.5. The Bertz CT molecular complexity index is 3200. The maximum Gasteiger partial charge on any atom is 0.249 e. The SMILES string of the molecule is CC(=O)N[C@H]1CC(=O)N2CCCC(CCOc3ccc(C)c(c3)CNC(=O)C(c3ccc4ncc(-c5cc(C)c6cc5OCCC5CCCN(C5)C(=O)C[C@H](NC(C)=O)C(=O)NC(c5coc(C)n5)C(=O)NC6)cc4c3)NC1=O)C2. The summed E-state index contributed by atoms with van der Waals surface area (Å²) in [5, 5.41) is 17.4. The summed E-state index contributed by atoms with van der Waals surface area (Å²) in [6.45, 7) is 10.8. The maximum atomic E-state index is 14.6. The zero-order valence-electron chi connectivity index (χ0n) is 45.9. The van der Waals surface area contributed by atoms with E-state index in [9.17, 15) is 38.4 Å². The van der Waals surface area contributed by atoms with Gasteiger partial charge >= 0.3 is 0 Å². The predicted octanol–water partition coefficient (Wildman–Crippen LogP) is 4.59. The number of aromatic nitrogens is 2. The van der Waals surface area contributed by atoms with E-state index in [4.69, 9.17) is 18.9 Å². The van der Waals surface area contributed by atoms with Crippen LogP contribution in [-0.2, 0) is 51.4 Å². The molecule has 21 heteroatoms. The van der Waals surface area contributed by atoms with Crippen molar-refractivity contribution >= 4 is 58.2 Å². The predicted molar refractivity (Wildman–Crippen MR) is 293 cm³/mol. The summed E-state index contributed by atoms with van der Waals surface area (Å²) >= 11 is 0. The number of aryl methyl sites for hydroxylation is 3. The number of hydrogen-bond acceptors (Lipinski definition) is 13. The average molecular weight is 1100 g/mol. The van der Waals surface area contributed by atoms with Gasteiger partial charge in [-0.05, 0) is 134 Å². The highest BCUT2D eigenvalue weighted by Crippen LogP contribution is 2.36. The maximum absolute atomic E-state index is 14.6. The van der Waals surface area contributed by atoms with E-state index < -0.39 is 59.6 Å². The molecular weight excluding hydrogens is 1020 g/mol. The van der Waals surface area contributed by atoms with Crippen molar-refractivity contribution in [1.82, 2.24) is 51.7 Å². The van der Waals surface area contributed by atoms with Gasteiger partial charge in [0.15, 0.2) is 11.9 Å². The lowest BCUT2D eigenvalue weighted by molar-refractivity contribution is -0.138. The molecule has 2 aromatic heterocycles. The van der Waals surface area contributed by atoms with Crippen LogP contribution < -0.4 is 41.4 Å². The summed E-state index contributed by atoms with van der Waals surface area (Å²) < 4.78 is 18.3. The smallest absolute Gasteiger partial charge is 0.249 e. The van der Waals surface area contributed by atoms with Crippen LogP contribution in [0.25, 0.3) is 22.0 Å². The van der Waals surface area contributed by atoms with Gasteiger partial charge in [-0.2, -0.15) is 0 Å². The van der Waals surface area contributed by atoms with Gasteiger partial charge in [0.2, 0.25) is 47.3 Å². The lowest BCUT2D eigenvalue weighted by atomic mass is 9.94. The van der Waals surface area contributed by atoms with Crippen molar-refractivity contribution in [3.05, 3.63) is 106 Å². The number of carbonyl (C=O) groups is 8. The van der Waals surface area contributed by atoms with Crippen LogP contribution in [0.4, 0.5) is 0 Å². The number of hydrogen-bond donors (Lipinski definition) is 6. The van der Waals surface area contributed by atoms with Crippen molar-refractivity contribution in [2.75, 3.05) is 39.4 Å². The van der Waals surface area contributed by atoms with Crippen LogP contribution in [0.3, 0.4) is 0 Å². The lowest BCUT2D eigenvalue weighted by Crippen LogP contribution is -2.52. The normalized spacial score (nSPS) is 23.1. The van der Waals surface area contributed by atoms with Crippen LogP contribution in [-0.4, -0.2) is 119 Å². The van der Waals surface area contributed by atoms with Gasteiger partial charge in [-0.25, -0.2) is 4.98 Å². The molecule has 21 nitrogen and oxygen atoms in total. The number of amides is 8. The average Bonchev–Trinajstić information content (AvgIpc) is 3.94. The second kappa shape index (κ2) is 25.2. The molecule has 2 saturated heterocycles. The van der Waals surface area contributed by atoms with Gasteiger partial charge < -0.3 is 55.6 Å². The minimum absolute atomic E-state index is 0.0126. The number of rotatable bonds is 5. The molecule has 4 unspecified atom stereocenters. The summed E-state index contributed by atoms with van der Waals surface area (Å²) in [6.07, 6.45) is 7.03. The van der Waals surface area contributed by atoms with Gasteiger partial charge in [0.1, 0.15) is 41.6 Å². The Balaban J connectivity index is 1.05. The van der Waals surface area contributed by atoms with Gasteiger partial charge in [0, 0.05) is 82.7 Å². The largest absolute Gasteiger partial charge is 0.494 e. The van der Waals surface area contributed by atoms with E-state index in [0.29, 0.717) is 83.9 Å².